The zero-order valence-electron chi connectivity index (χ0n) is 11.0. The lowest BCUT2D eigenvalue weighted by Gasteiger charge is -2.21. The van der Waals surface area contributed by atoms with Gasteiger partial charge in [0.25, 0.3) is 0 Å². The van der Waals surface area contributed by atoms with Crippen LogP contribution in [-0.2, 0) is 0 Å². The number of nitrogens with zero attached hydrogens (tertiary/aromatic N) is 3. The van der Waals surface area contributed by atoms with Crippen molar-refractivity contribution in [2.75, 3.05) is 18.5 Å². The van der Waals surface area contributed by atoms with E-state index in [0.717, 1.165) is 24.1 Å². The Labute approximate surface area is 114 Å². The van der Waals surface area contributed by atoms with E-state index in [1.165, 1.54) is 25.7 Å². The number of rotatable bonds is 4. The van der Waals surface area contributed by atoms with E-state index in [4.69, 9.17) is 18.0 Å². The number of anilines is 1. The molecule has 98 valence electrons. The first-order chi connectivity index (χ1) is 8.56. The maximum absolute atomic E-state index is 5.64. The summed E-state index contributed by atoms with van der Waals surface area (Å²) in [6.45, 7) is 2.95. The highest BCUT2D eigenvalue weighted by Crippen LogP contribution is 2.26. The summed E-state index contributed by atoms with van der Waals surface area (Å²) in [4.78, 5) is 11.3. The molecule has 0 aliphatic heterocycles. The van der Waals surface area contributed by atoms with Crippen molar-refractivity contribution >= 4 is 23.2 Å². The van der Waals surface area contributed by atoms with Gasteiger partial charge in [0, 0.05) is 19.3 Å². The van der Waals surface area contributed by atoms with E-state index >= 15 is 0 Å². The molecule has 0 aromatic carbocycles. The predicted octanol–water partition coefficient (Wildman–Crippen LogP) is 2.05. The van der Waals surface area contributed by atoms with Crippen LogP contribution >= 0.6 is 12.2 Å². The summed E-state index contributed by atoms with van der Waals surface area (Å²) in [6, 6.07) is 1.83. The van der Waals surface area contributed by atoms with E-state index in [0.29, 0.717) is 10.7 Å². The summed E-state index contributed by atoms with van der Waals surface area (Å²) in [5, 5.41) is 0. The van der Waals surface area contributed by atoms with Gasteiger partial charge in [-0.05, 0) is 31.7 Å². The largest absolute Gasteiger partial charge is 0.388 e. The number of nitrogens with two attached hydrogens (primary N) is 1. The fourth-order valence-corrected chi connectivity index (χ4v) is 2.62. The first-order valence-electron chi connectivity index (χ1n) is 6.43. The number of aromatic nitrogens is 2. The number of aryl methyl sites for hydroxylation is 1. The summed E-state index contributed by atoms with van der Waals surface area (Å²) >= 11 is 4.98. The number of hydrogen-bond acceptors (Lipinski definition) is 4. The van der Waals surface area contributed by atoms with E-state index in [-0.39, 0.29) is 0 Å². The molecule has 2 N–H and O–H groups in total. The molecule has 0 atom stereocenters. The third-order valence-electron chi connectivity index (χ3n) is 3.44. The van der Waals surface area contributed by atoms with Crippen molar-refractivity contribution in [3.63, 3.8) is 0 Å². The van der Waals surface area contributed by atoms with Crippen molar-refractivity contribution in [3.05, 3.63) is 17.5 Å². The average Bonchev–Trinajstić information content (AvgIpc) is 2.80. The standard InChI is InChI=1S/C13H20N4S/c1-9-7-11(12(14)18)16-13(15-9)17(2)8-10-5-3-4-6-10/h7,10H,3-6,8H2,1-2H3,(H2,14,18). The zero-order valence-corrected chi connectivity index (χ0v) is 11.8. The molecular formula is C13H20N4S. The van der Waals surface area contributed by atoms with Gasteiger partial charge in [0.1, 0.15) is 10.7 Å². The molecule has 0 amide bonds. The maximum atomic E-state index is 5.64. The lowest BCUT2D eigenvalue weighted by atomic mass is 10.1. The summed E-state index contributed by atoms with van der Waals surface area (Å²) < 4.78 is 0. The molecule has 0 saturated heterocycles. The molecular weight excluding hydrogens is 244 g/mol. The quantitative estimate of drug-likeness (QED) is 0.843. The monoisotopic (exact) mass is 264 g/mol. The Bertz CT molecular complexity index is 441. The molecule has 0 unspecified atom stereocenters. The Kier molecular flexibility index (Phi) is 4.11. The van der Waals surface area contributed by atoms with Crippen molar-refractivity contribution in [2.45, 2.75) is 32.6 Å². The molecule has 0 bridgehead atoms. The number of hydrogen-bond donors (Lipinski definition) is 1. The van der Waals surface area contributed by atoms with E-state index in [1.54, 1.807) is 0 Å². The van der Waals surface area contributed by atoms with Gasteiger partial charge in [-0.2, -0.15) is 0 Å². The van der Waals surface area contributed by atoms with Gasteiger partial charge in [0.05, 0.1) is 0 Å². The van der Waals surface area contributed by atoms with Crippen LogP contribution in [0.1, 0.15) is 37.1 Å². The van der Waals surface area contributed by atoms with Crippen molar-refractivity contribution in [2.24, 2.45) is 11.7 Å². The minimum atomic E-state index is 0.330. The second kappa shape index (κ2) is 5.61. The van der Waals surface area contributed by atoms with Crippen molar-refractivity contribution in [3.8, 4) is 0 Å². The van der Waals surface area contributed by atoms with Gasteiger partial charge < -0.3 is 10.6 Å². The van der Waals surface area contributed by atoms with E-state index in [1.807, 2.05) is 20.0 Å². The highest BCUT2D eigenvalue weighted by molar-refractivity contribution is 7.80. The fraction of sp³-hybridized carbons (Fsp3) is 0.615. The third-order valence-corrected chi connectivity index (χ3v) is 3.65. The summed E-state index contributed by atoms with van der Waals surface area (Å²) in [5.74, 6) is 1.50. The van der Waals surface area contributed by atoms with Crippen LogP contribution in [0.15, 0.2) is 6.07 Å². The average molecular weight is 264 g/mol. The molecule has 1 fully saturated rings. The SMILES string of the molecule is Cc1cc(C(N)=S)nc(N(C)CC2CCCC2)n1. The molecule has 1 aromatic heterocycles. The minimum absolute atomic E-state index is 0.330. The van der Waals surface area contributed by atoms with Crippen LogP contribution in [0.5, 0.6) is 0 Å². The first kappa shape index (κ1) is 13.2. The van der Waals surface area contributed by atoms with E-state index in [9.17, 15) is 0 Å². The predicted molar refractivity (Wildman–Crippen MR) is 77.9 cm³/mol. The molecule has 18 heavy (non-hydrogen) atoms. The van der Waals surface area contributed by atoms with Crippen LogP contribution in [0.2, 0.25) is 0 Å². The zero-order chi connectivity index (χ0) is 13.1. The molecule has 0 radical (unpaired) electrons. The Morgan fingerprint density at radius 1 is 1.44 bits per heavy atom. The van der Waals surface area contributed by atoms with Crippen molar-refractivity contribution in [1.82, 2.24) is 9.97 Å². The fourth-order valence-electron chi connectivity index (χ4n) is 2.51. The molecule has 0 spiro atoms. The third kappa shape index (κ3) is 3.16. The molecule has 4 nitrogen and oxygen atoms in total. The van der Waals surface area contributed by atoms with Gasteiger partial charge in [0.15, 0.2) is 0 Å². The van der Waals surface area contributed by atoms with Gasteiger partial charge in [0.2, 0.25) is 5.95 Å². The molecule has 5 heteroatoms. The minimum Gasteiger partial charge on any atom is -0.388 e. The van der Waals surface area contributed by atoms with Gasteiger partial charge in [-0.25, -0.2) is 9.97 Å². The van der Waals surface area contributed by atoms with Crippen molar-refractivity contribution in [1.29, 1.82) is 0 Å². The molecule has 1 aliphatic rings. The first-order valence-corrected chi connectivity index (χ1v) is 6.83. The Hall–Kier alpha value is -1.23. The molecule has 1 aliphatic carbocycles. The highest BCUT2D eigenvalue weighted by Gasteiger charge is 2.18. The highest BCUT2D eigenvalue weighted by atomic mass is 32.1. The lowest BCUT2D eigenvalue weighted by molar-refractivity contribution is 0.542. The molecule has 2 rings (SSSR count). The van der Waals surface area contributed by atoms with E-state index in [2.05, 4.69) is 14.9 Å². The topological polar surface area (TPSA) is 55.0 Å². The molecule has 1 saturated carbocycles. The van der Waals surface area contributed by atoms with Crippen molar-refractivity contribution < 1.29 is 0 Å². The Balaban J connectivity index is 2.13. The van der Waals surface area contributed by atoms with E-state index < -0.39 is 0 Å². The Morgan fingerprint density at radius 2 is 2.11 bits per heavy atom. The maximum Gasteiger partial charge on any atom is 0.225 e. The lowest BCUT2D eigenvalue weighted by Crippen LogP contribution is -2.27. The molecule has 1 heterocycles. The smallest absolute Gasteiger partial charge is 0.225 e. The second-order valence-corrected chi connectivity index (χ2v) is 5.53. The van der Waals surface area contributed by atoms with Gasteiger partial charge in [-0.15, -0.1) is 0 Å². The normalized spacial score (nSPS) is 15.9. The summed E-state index contributed by atoms with van der Waals surface area (Å²) in [7, 11) is 2.04. The second-order valence-electron chi connectivity index (χ2n) is 5.09. The Morgan fingerprint density at radius 3 is 2.72 bits per heavy atom. The van der Waals surface area contributed by atoms with Crippen LogP contribution in [0.25, 0.3) is 0 Å². The van der Waals surface area contributed by atoms with Crippen LogP contribution in [-0.4, -0.2) is 28.5 Å². The number of thiocarbonyl (C=S) groups is 1. The molecule has 1 aromatic rings. The van der Waals surface area contributed by atoms with Crippen LogP contribution in [0.3, 0.4) is 0 Å². The summed E-state index contributed by atoms with van der Waals surface area (Å²) in [6.07, 6.45) is 5.34. The van der Waals surface area contributed by atoms with Crippen LogP contribution in [0, 0.1) is 12.8 Å². The summed E-state index contributed by atoms with van der Waals surface area (Å²) in [5.41, 5.74) is 7.20. The van der Waals surface area contributed by atoms with Gasteiger partial charge in [-0.3, -0.25) is 0 Å². The van der Waals surface area contributed by atoms with Crippen LogP contribution < -0.4 is 10.6 Å². The van der Waals surface area contributed by atoms with Crippen LogP contribution in [0.4, 0.5) is 5.95 Å². The van der Waals surface area contributed by atoms with Gasteiger partial charge >= 0.3 is 0 Å². The van der Waals surface area contributed by atoms with Gasteiger partial charge in [-0.1, -0.05) is 25.1 Å².